The van der Waals surface area contributed by atoms with Crippen LogP contribution >= 0.6 is 0 Å². The lowest BCUT2D eigenvalue weighted by molar-refractivity contribution is 0.633. The Bertz CT molecular complexity index is 3730. The number of hydrogen-bond donors (Lipinski definition) is 0. The molecule has 0 amide bonds. The molecule has 0 radical (unpaired) electrons. The van der Waals surface area contributed by atoms with Crippen LogP contribution in [0, 0.1) is 0 Å². The van der Waals surface area contributed by atoms with Gasteiger partial charge in [0.25, 0.3) is 0 Å². The molecule has 2 aromatic heterocycles. The van der Waals surface area contributed by atoms with E-state index in [1.165, 1.54) is 81.9 Å². The topological polar surface area (TPSA) is 10.9 Å². The van der Waals surface area contributed by atoms with E-state index in [0.29, 0.717) is 0 Å². The largest absolute Gasteiger partial charge is 0.311 e. The Morgan fingerprint density at radius 2 is 0.839 bits per heavy atom. The molecule has 0 N–H and O–H groups in total. The summed E-state index contributed by atoms with van der Waals surface area (Å²) < 4.78 is 2.61. The molecular weight excluding hydrogens is 751 g/mol. The van der Waals surface area contributed by atoms with E-state index in [0.717, 1.165) is 34.1 Å². The van der Waals surface area contributed by atoms with Crippen LogP contribution in [0.25, 0.3) is 70.6 Å². The molecule has 2 heterocycles. The zero-order chi connectivity index (χ0) is 41.1. The second-order valence-corrected chi connectivity index (χ2v) is 17.4. The summed E-state index contributed by atoms with van der Waals surface area (Å²) in [7, 11) is 0. The van der Waals surface area contributed by atoms with Crippen molar-refractivity contribution in [3.05, 3.63) is 224 Å². The van der Waals surface area contributed by atoms with E-state index in [9.17, 15) is 0 Å². The minimum Gasteiger partial charge on any atom is -0.311 e. The third kappa shape index (κ3) is 5.06. The van der Waals surface area contributed by atoms with Crippen LogP contribution < -0.4 is 9.80 Å². The number of hydrogen-bond acceptors (Lipinski definition) is 2. The third-order valence-electron chi connectivity index (χ3n) is 13.5. The van der Waals surface area contributed by atoms with Crippen LogP contribution in [-0.2, 0) is 5.41 Å². The van der Waals surface area contributed by atoms with Crippen molar-refractivity contribution in [2.45, 2.75) is 19.3 Å². The third-order valence-corrected chi connectivity index (χ3v) is 13.5. The van der Waals surface area contributed by atoms with E-state index in [1.54, 1.807) is 0 Å². The van der Waals surface area contributed by atoms with E-state index in [1.807, 2.05) is 0 Å². The van der Waals surface area contributed by atoms with Gasteiger partial charge in [-0.15, -0.1) is 0 Å². The molecule has 0 atom stereocenters. The zero-order valence-corrected chi connectivity index (χ0v) is 34.5. The quantitative estimate of drug-likeness (QED) is 0.166. The van der Waals surface area contributed by atoms with Crippen LogP contribution in [0.2, 0.25) is 0 Å². The normalized spacial score (nSPS) is 13.1. The molecule has 0 aliphatic heterocycles. The highest BCUT2D eigenvalue weighted by atomic mass is 15.1. The Morgan fingerprint density at radius 1 is 0.355 bits per heavy atom. The predicted octanol–water partition coefficient (Wildman–Crippen LogP) is 16.4. The molecule has 292 valence electrons. The van der Waals surface area contributed by atoms with Gasteiger partial charge in [0.05, 0.1) is 11.0 Å². The second kappa shape index (κ2) is 13.1. The Kier molecular flexibility index (Phi) is 7.36. The monoisotopic (exact) mass is 791 g/mol. The van der Waals surface area contributed by atoms with Crippen molar-refractivity contribution in [3.63, 3.8) is 0 Å². The number of aromatic nitrogens is 1. The van der Waals surface area contributed by atoms with Crippen molar-refractivity contribution in [2.24, 2.45) is 0 Å². The maximum atomic E-state index is 2.61. The van der Waals surface area contributed by atoms with Gasteiger partial charge in [-0.25, -0.2) is 0 Å². The molecule has 0 saturated heterocycles. The van der Waals surface area contributed by atoms with Crippen LogP contribution in [0.1, 0.15) is 25.1 Å². The molecule has 13 rings (SSSR count). The maximum Gasteiger partial charge on any atom is 0.0617 e. The molecule has 3 nitrogen and oxygen atoms in total. The van der Waals surface area contributed by atoms with Gasteiger partial charge >= 0.3 is 0 Å². The summed E-state index contributed by atoms with van der Waals surface area (Å²) in [6, 6.07) is 78.2. The number of para-hydroxylation sites is 3. The summed E-state index contributed by atoms with van der Waals surface area (Å²) in [4.78, 5) is 4.79. The van der Waals surface area contributed by atoms with Crippen molar-refractivity contribution in [3.8, 4) is 11.1 Å². The smallest absolute Gasteiger partial charge is 0.0617 e. The number of rotatable bonds is 6. The number of fused-ring (bicyclic) bond motifs is 11. The molecule has 10 aromatic carbocycles. The highest BCUT2D eigenvalue weighted by Crippen LogP contribution is 2.56. The Hall–Kier alpha value is -7.88. The second-order valence-electron chi connectivity index (χ2n) is 17.4. The fraction of sp³-hybridized carbons (Fsp3) is 0.0508. The van der Waals surface area contributed by atoms with Gasteiger partial charge in [-0.3, -0.25) is 0 Å². The van der Waals surface area contributed by atoms with E-state index in [-0.39, 0.29) is 5.41 Å². The SMILES string of the molecule is CC1(C)c2cc(N(c3ccccc3)c3ccc4ccccc4c3)ccc2-c2c1n1c3cc4cc(N(c5ccccc5)c5ccc6ccccc6c5)ccc4cc3c3cccc2c31. The summed E-state index contributed by atoms with van der Waals surface area (Å²) in [6.07, 6.45) is 0. The van der Waals surface area contributed by atoms with Gasteiger partial charge in [-0.2, -0.15) is 0 Å². The highest BCUT2D eigenvalue weighted by molar-refractivity contribution is 6.22. The summed E-state index contributed by atoms with van der Waals surface area (Å²) >= 11 is 0. The highest BCUT2D eigenvalue weighted by Gasteiger charge is 2.41. The summed E-state index contributed by atoms with van der Waals surface area (Å²) in [5.74, 6) is 0. The molecule has 12 aromatic rings. The average Bonchev–Trinajstić information content (AvgIpc) is 3.91. The molecule has 0 saturated carbocycles. The molecule has 0 fully saturated rings. The first-order valence-corrected chi connectivity index (χ1v) is 21.6. The van der Waals surface area contributed by atoms with Gasteiger partial charge in [0, 0.05) is 67.0 Å². The molecule has 1 aliphatic carbocycles. The fourth-order valence-corrected chi connectivity index (χ4v) is 10.7. The number of anilines is 6. The first kappa shape index (κ1) is 34.9. The lowest BCUT2D eigenvalue weighted by Crippen LogP contribution is -2.18. The lowest BCUT2D eigenvalue weighted by Gasteiger charge is -2.28. The van der Waals surface area contributed by atoms with Crippen LogP contribution in [0.15, 0.2) is 212 Å². The average molecular weight is 792 g/mol. The Labute approximate surface area is 360 Å². The van der Waals surface area contributed by atoms with Gasteiger partial charge in [0.1, 0.15) is 0 Å². The predicted molar refractivity (Wildman–Crippen MR) is 263 cm³/mol. The van der Waals surface area contributed by atoms with E-state index in [2.05, 4.69) is 240 Å². The van der Waals surface area contributed by atoms with Crippen molar-refractivity contribution in [2.75, 3.05) is 9.80 Å². The minimum atomic E-state index is -0.276. The van der Waals surface area contributed by atoms with E-state index >= 15 is 0 Å². The van der Waals surface area contributed by atoms with Crippen LogP contribution in [0.3, 0.4) is 0 Å². The molecule has 62 heavy (non-hydrogen) atoms. The molecule has 0 unspecified atom stereocenters. The van der Waals surface area contributed by atoms with Crippen LogP contribution in [0.5, 0.6) is 0 Å². The van der Waals surface area contributed by atoms with Crippen molar-refractivity contribution >= 4 is 93.6 Å². The van der Waals surface area contributed by atoms with Gasteiger partial charge in [-0.1, -0.05) is 141 Å². The Balaban J connectivity index is 0.989. The van der Waals surface area contributed by atoms with E-state index in [4.69, 9.17) is 0 Å². The standard InChI is InChI=1S/C59H41N3/c1-59(2)54-37-49(61(45-20-7-4-8-21-45)47-28-25-39-15-10-12-17-41(39)33-47)30-31-51(54)56-52-23-13-22-50-53-35-42-26-29-48(34-43(42)36-55(53)62(57(50)52)58(56)59)60(44-18-5-3-6-19-44)46-27-24-38-14-9-11-16-40(38)32-46/h3-37H,1-2H3. The van der Waals surface area contributed by atoms with Crippen molar-refractivity contribution in [1.82, 2.24) is 4.40 Å². The first-order valence-electron chi connectivity index (χ1n) is 21.6. The van der Waals surface area contributed by atoms with Gasteiger partial charge in [-0.05, 0) is 128 Å². The number of benzene rings is 10. The zero-order valence-electron chi connectivity index (χ0n) is 34.5. The van der Waals surface area contributed by atoms with E-state index < -0.39 is 0 Å². The molecule has 3 heteroatoms. The maximum absolute atomic E-state index is 2.61. The van der Waals surface area contributed by atoms with Crippen LogP contribution in [-0.4, -0.2) is 4.40 Å². The molecule has 0 spiro atoms. The Morgan fingerprint density at radius 3 is 1.45 bits per heavy atom. The minimum absolute atomic E-state index is 0.276. The molecule has 1 aliphatic rings. The summed E-state index contributed by atoms with van der Waals surface area (Å²) in [6.45, 7) is 4.84. The lowest BCUT2D eigenvalue weighted by atomic mass is 9.85. The summed E-state index contributed by atoms with van der Waals surface area (Å²) in [5.41, 5.74) is 14.5. The first-order chi connectivity index (χ1) is 30.5. The molecular formula is C59H41N3. The van der Waals surface area contributed by atoms with Crippen LogP contribution in [0.4, 0.5) is 34.1 Å². The fourth-order valence-electron chi connectivity index (χ4n) is 10.7. The number of nitrogens with zero attached hydrogens (tertiary/aromatic N) is 3. The van der Waals surface area contributed by atoms with Gasteiger partial charge in [0.2, 0.25) is 0 Å². The van der Waals surface area contributed by atoms with Gasteiger partial charge < -0.3 is 14.2 Å². The van der Waals surface area contributed by atoms with Crippen molar-refractivity contribution in [1.29, 1.82) is 0 Å². The summed E-state index contributed by atoms with van der Waals surface area (Å²) in [5, 5.41) is 11.3. The molecule has 0 bridgehead atoms. The van der Waals surface area contributed by atoms with Gasteiger partial charge in [0.15, 0.2) is 0 Å². The van der Waals surface area contributed by atoms with Crippen molar-refractivity contribution < 1.29 is 0 Å².